The minimum Gasteiger partial charge on any atom is -1.00 e. The second-order valence-corrected chi connectivity index (χ2v) is 5.94. The highest BCUT2D eigenvalue weighted by atomic mass is 35.5. The predicted octanol–water partition coefficient (Wildman–Crippen LogP) is -3.36. The van der Waals surface area contributed by atoms with Crippen LogP contribution in [0.4, 0.5) is 0 Å². The molecule has 1 aromatic rings. The Bertz CT molecular complexity index is 331. The minimum absolute atomic E-state index is 0. The Morgan fingerprint density at radius 3 is 2.78 bits per heavy atom. The van der Waals surface area contributed by atoms with Crippen molar-refractivity contribution in [3.8, 4) is 0 Å². The van der Waals surface area contributed by atoms with Gasteiger partial charge in [-0.1, -0.05) is 6.92 Å². The Labute approximate surface area is 127 Å². The van der Waals surface area contributed by atoms with Gasteiger partial charge in [-0.3, -0.25) is 4.90 Å². The fourth-order valence-corrected chi connectivity index (χ4v) is 3.34. The lowest BCUT2D eigenvalue weighted by molar-refractivity contribution is -0.001000. The second kappa shape index (κ2) is 9.16. The van der Waals surface area contributed by atoms with Crippen LogP contribution in [0, 0.1) is 6.92 Å². The van der Waals surface area contributed by atoms with Crippen LogP contribution in [0.3, 0.4) is 0 Å². The summed E-state index contributed by atoms with van der Waals surface area (Å²) in [4.78, 5) is 5.46. The molecule has 1 N–H and O–H groups in total. The average Bonchev–Trinajstić information content (AvgIpc) is 2.87. The molecule has 1 aliphatic heterocycles. The van der Waals surface area contributed by atoms with E-state index < -0.39 is 0 Å². The molecule has 2 heterocycles. The van der Waals surface area contributed by atoms with Crippen LogP contribution in [-0.2, 0) is 6.54 Å². The van der Waals surface area contributed by atoms with Crippen LogP contribution < -0.4 is 30.1 Å². The topological polar surface area (TPSA) is 15.3 Å². The smallest absolute Gasteiger partial charge is 0.0300 e. The van der Waals surface area contributed by atoms with Gasteiger partial charge in [0.2, 0.25) is 0 Å². The van der Waals surface area contributed by atoms with E-state index in [4.69, 9.17) is 0 Å². The van der Waals surface area contributed by atoms with Crippen LogP contribution in [0.15, 0.2) is 12.1 Å². The lowest BCUT2D eigenvalue weighted by Crippen LogP contribution is -3.00. The van der Waals surface area contributed by atoms with Gasteiger partial charge in [0.25, 0.3) is 0 Å². The normalized spacial score (nSPS) is 19.3. The van der Waals surface area contributed by atoms with Crippen molar-refractivity contribution in [2.75, 3.05) is 19.6 Å². The monoisotopic (exact) mass is 308 g/mol. The third-order valence-corrected chi connectivity index (χ3v) is 4.38. The summed E-state index contributed by atoms with van der Waals surface area (Å²) in [5.41, 5.74) is 0. The number of aryl methyl sites for hydroxylation is 1. The number of hydrogen-bond donors (Lipinski definition) is 1. The van der Waals surface area contributed by atoms with E-state index in [1.807, 2.05) is 11.3 Å². The average molecular weight is 309 g/mol. The summed E-state index contributed by atoms with van der Waals surface area (Å²) in [6, 6.07) is 5.21. The molecule has 0 aromatic carbocycles. The third kappa shape index (κ3) is 5.06. The zero-order valence-corrected chi connectivity index (χ0v) is 13.4. The maximum absolute atomic E-state index is 3.59. The van der Waals surface area contributed by atoms with Gasteiger partial charge in [-0.15, -0.1) is 11.3 Å². The van der Waals surface area contributed by atoms with Crippen LogP contribution in [0.25, 0.3) is 0 Å². The molecule has 5 heteroatoms. The molecule has 1 atom stereocenters. The molecular formula is C13H22Cl2N2S-2. The highest BCUT2D eigenvalue weighted by Gasteiger charge is 2.21. The van der Waals surface area contributed by atoms with Gasteiger partial charge in [0.1, 0.15) is 0 Å². The SMILES string of the molecule is CCN1CCCC1CNCc1ccc(C)s1.[Cl-].[Cl-]. The number of likely N-dealkylation sites (N-methyl/N-ethyl adjacent to an activating group) is 1. The summed E-state index contributed by atoms with van der Waals surface area (Å²) in [7, 11) is 0. The molecule has 0 aliphatic carbocycles. The van der Waals surface area contributed by atoms with Gasteiger partial charge in [0.15, 0.2) is 0 Å². The summed E-state index contributed by atoms with van der Waals surface area (Å²) >= 11 is 1.90. The van der Waals surface area contributed by atoms with Gasteiger partial charge in [-0.2, -0.15) is 0 Å². The Balaban J connectivity index is 0.00000144. The number of rotatable bonds is 5. The number of likely N-dealkylation sites (tertiary alicyclic amines) is 1. The molecule has 1 fully saturated rings. The highest BCUT2D eigenvalue weighted by molar-refractivity contribution is 7.11. The molecule has 1 unspecified atom stereocenters. The lowest BCUT2D eigenvalue weighted by Gasteiger charge is -2.22. The standard InChI is InChI=1S/C13H22N2S.2ClH/c1-3-15-8-4-5-12(15)9-14-10-13-7-6-11(2)16-13;;/h6-7,12,14H,3-5,8-10H2,1-2H3;2*1H/p-2. The van der Waals surface area contributed by atoms with Crippen molar-refractivity contribution >= 4 is 11.3 Å². The summed E-state index contributed by atoms with van der Waals surface area (Å²) in [6.45, 7) is 9.10. The number of hydrogen-bond acceptors (Lipinski definition) is 3. The molecule has 2 nitrogen and oxygen atoms in total. The van der Waals surface area contributed by atoms with Crippen LogP contribution in [0.2, 0.25) is 0 Å². The van der Waals surface area contributed by atoms with Crippen LogP contribution in [0.1, 0.15) is 29.5 Å². The van der Waals surface area contributed by atoms with E-state index >= 15 is 0 Å². The fourth-order valence-electron chi connectivity index (χ4n) is 2.48. The fraction of sp³-hybridized carbons (Fsp3) is 0.692. The Kier molecular flexibility index (Phi) is 9.26. The van der Waals surface area contributed by atoms with E-state index in [2.05, 4.69) is 36.2 Å². The number of thiophene rings is 1. The second-order valence-electron chi connectivity index (χ2n) is 4.57. The van der Waals surface area contributed by atoms with Crippen molar-refractivity contribution in [1.82, 2.24) is 10.2 Å². The van der Waals surface area contributed by atoms with E-state index in [1.54, 1.807) is 0 Å². The largest absolute Gasteiger partial charge is 1.00 e. The van der Waals surface area contributed by atoms with Gasteiger partial charge < -0.3 is 30.1 Å². The van der Waals surface area contributed by atoms with Crippen LogP contribution in [-0.4, -0.2) is 30.6 Å². The van der Waals surface area contributed by atoms with Crippen molar-refractivity contribution in [3.63, 3.8) is 0 Å². The van der Waals surface area contributed by atoms with E-state index in [0.29, 0.717) is 0 Å². The highest BCUT2D eigenvalue weighted by Crippen LogP contribution is 2.17. The van der Waals surface area contributed by atoms with Gasteiger partial charge in [0.05, 0.1) is 0 Å². The molecule has 0 spiro atoms. The number of nitrogens with zero attached hydrogens (tertiary/aromatic N) is 1. The summed E-state index contributed by atoms with van der Waals surface area (Å²) in [5, 5.41) is 3.59. The summed E-state index contributed by atoms with van der Waals surface area (Å²) < 4.78 is 0. The van der Waals surface area contributed by atoms with Gasteiger partial charge in [0, 0.05) is 28.9 Å². The Morgan fingerprint density at radius 2 is 2.17 bits per heavy atom. The number of halogens is 2. The number of nitrogens with one attached hydrogen (secondary N) is 1. The summed E-state index contributed by atoms with van der Waals surface area (Å²) in [5.74, 6) is 0. The van der Waals surface area contributed by atoms with Gasteiger partial charge in [-0.25, -0.2) is 0 Å². The third-order valence-electron chi connectivity index (χ3n) is 3.38. The van der Waals surface area contributed by atoms with Gasteiger partial charge >= 0.3 is 0 Å². The van der Waals surface area contributed by atoms with Crippen LogP contribution in [0.5, 0.6) is 0 Å². The van der Waals surface area contributed by atoms with E-state index in [1.165, 1.54) is 35.7 Å². The van der Waals surface area contributed by atoms with E-state index in [9.17, 15) is 0 Å². The molecular weight excluding hydrogens is 287 g/mol. The van der Waals surface area contributed by atoms with Crippen molar-refractivity contribution in [2.45, 2.75) is 39.3 Å². The Hall–Kier alpha value is 0.200. The molecule has 0 saturated carbocycles. The predicted molar refractivity (Wildman–Crippen MR) is 71.0 cm³/mol. The molecule has 1 saturated heterocycles. The quantitative estimate of drug-likeness (QED) is 0.611. The Morgan fingerprint density at radius 1 is 1.39 bits per heavy atom. The first-order valence-electron chi connectivity index (χ1n) is 6.29. The van der Waals surface area contributed by atoms with Gasteiger partial charge in [-0.05, 0) is 45.0 Å². The molecule has 1 aromatic heterocycles. The van der Waals surface area contributed by atoms with Crippen molar-refractivity contribution in [1.29, 1.82) is 0 Å². The first-order chi connectivity index (χ1) is 7.79. The maximum Gasteiger partial charge on any atom is 0.0300 e. The molecule has 0 amide bonds. The van der Waals surface area contributed by atoms with Crippen molar-refractivity contribution in [2.24, 2.45) is 0 Å². The van der Waals surface area contributed by atoms with Crippen molar-refractivity contribution in [3.05, 3.63) is 21.9 Å². The maximum atomic E-state index is 3.59. The molecule has 2 rings (SSSR count). The minimum atomic E-state index is 0. The molecule has 0 radical (unpaired) electrons. The molecule has 0 bridgehead atoms. The first-order valence-corrected chi connectivity index (χ1v) is 7.11. The van der Waals surface area contributed by atoms with E-state index in [0.717, 1.165) is 19.1 Å². The first kappa shape index (κ1) is 18.2. The zero-order valence-electron chi connectivity index (χ0n) is 11.1. The molecule has 1 aliphatic rings. The molecule has 106 valence electrons. The molecule has 18 heavy (non-hydrogen) atoms. The van der Waals surface area contributed by atoms with Crippen LogP contribution >= 0.6 is 11.3 Å². The lowest BCUT2D eigenvalue weighted by atomic mass is 10.2. The van der Waals surface area contributed by atoms with Crippen molar-refractivity contribution < 1.29 is 24.8 Å². The van der Waals surface area contributed by atoms with E-state index in [-0.39, 0.29) is 24.8 Å². The summed E-state index contributed by atoms with van der Waals surface area (Å²) in [6.07, 6.45) is 2.74. The zero-order chi connectivity index (χ0) is 11.4.